The Balaban J connectivity index is 2.06. The fraction of sp³-hybridized carbons (Fsp3) is 0.333. The third-order valence-electron chi connectivity index (χ3n) is 3.56. The van der Waals surface area contributed by atoms with Crippen molar-refractivity contribution in [2.24, 2.45) is 0 Å². The summed E-state index contributed by atoms with van der Waals surface area (Å²) in [7, 11) is 2.14. The molecule has 0 saturated heterocycles. The topological polar surface area (TPSA) is 55.0 Å². The van der Waals surface area contributed by atoms with Gasteiger partial charge in [0.1, 0.15) is 5.82 Å². The third-order valence-corrected chi connectivity index (χ3v) is 3.56. The number of aromatic nitrogens is 2. The maximum Gasteiger partial charge on any atom is 0.161 e. The zero-order valence-electron chi connectivity index (χ0n) is 11.3. The Morgan fingerprint density at radius 2 is 2.05 bits per heavy atom. The Hall–Kier alpha value is -2.10. The van der Waals surface area contributed by atoms with Crippen LogP contribution in [0.5, 0.6) is 0 Å². The van der Waals surface area contributed by atoms with Crippen molar-refractivity contribution in [3.8, 4) is 11.4 Å². The van der Waals surface area contributed by atoms with E-state index in [1.807, 2.05) is 6.92 Å². The Bertz CT molecular complexity index is 601. The molecule has 2 N–H and O–H groups in total. The van der Waals surface area contributed by atoms with Gasteiger partial charge in [-0.3, -0.25) is 0 Å². The molecule has 0 unspecified atom stereocenters. The summed E-state index contributed by atoms with van der Waals surface area (Å²) in [5, 5.41) is 0. The minimum Gasteiger partial charge on any atom is -0.384 e. The zero-order chi connectivity index (χ0) is 13.4. The Labute approximate surface area is 113 Å². The summed E-state index contributed by atoms with van der Waals surface area (Å²) in [6, 6.07) is 8.22. The van der Waals surface area contributed by atoms with E-state index >= 15 is 0 Å². The van der Waals surface area contributed by atoms with Gasteiger partial charge in [0.15, 0.2) is 5.82 Å². The molecule has 0 amide bonds. The molecule has 0 atom stereocenters. The zero-order valence-corrected chi connectivity index (χ0v) is 11.3. The highest BCUT2D eigenvalue weighted by Gasteiger charge is 2.15. The molecule has 0 aliphatic carbocycles. The van der Waals surface area contributed by atoms with E-state index in [2.05, 4.69) is 40.1 Å². The summed E-state index contributed by atoms with van der Waals surface area (Å²) >= 11 is 0. The molecule has 0 spiro atoms. The van der Waals surface area contributed by atoms with Crippen molar-refractivity contribution in [1.29, 1.82) is 0 Å². The van der Waals surface area contributed by atoms with Gasteiger partial charge in [0, 0.05) is 36.6 Å². The van der Waals surface area contributed by atoms with Crippen molar-refractivity contribution >= 4 is 11.5 Å². The fourth-order valence-electron chi connectivity index (χ4n) is 2.65. The van der Waals surface area contributed by atoms with Gasteiger partial charge in [-0.2, -0.15) is 0 Å². The van der Waals surface area contributed by atoms with Gasteiger partial charge in [-0.25, -0.2) is 9.97 Å². The highest BCUT2D eigenvalue weighted by atomic mass is 15.1. The van der Waals surface area contributed by atoms with Crippen LogP contribution >= 0.6 is 0 Å². The third kappa shape index (κ3) is 2.26. The predicted molar refractivity (Wildman–Crippen MR) is 78.2 cm³/mol. The minimum absolute atomic E-state index is 0.525. The fourth-order valence-corrected chi connectivity index (χ4v) is 2.65. The number of nitrogens with zero attached hydrogens (tertiary/aromatic N) is 3. The summed E-state index contributed by atoms with van der Waals surface area (Å²) < 4.78 is 0. The molecule has 0 radical (unpaired) electrons. The van der Waals surface area contributed by atoms with Gasteiger partial charge < -0.3 is 10.6 Å². The second kappa shape index (κ2) is 4.53. The van der Waals surface area contributed by atoms with Crippen molar-refractivity contribution < 1.29 is 0 Å². The van der Waals surface area contributed by atoms with Gasteiger partial charge >= 0.3 is 0 Å². The molecular weight excluding hydrogens is 236 g/mol. The summed E-state index contributed by atoms with van der Waals surface area (Å²) in [5.41, 5.74) is 10.4. The van der Waals surface area contributed by atoms with E-state index in [0.717, 1.165) is 24.2 Å². The molecule has 2 heterocycles. The second-order valence-electron chi connectivity index (χ2n) is 5.13. The molecule has 0 saturated carbocycles. The van der Waals surface area contributed by atoms with E-state index in [1.54, 1.807) is 6.07 Å². The van der Waals surface area contributed by atoms with E-state index in [9.17, 15) is 0 Å². The van der Waals surface area contributed by atoms with Gasteiger partial charge in [-0.1, -0.05) is 0 Å². The number of hydrogen-bond acceptors (Lipinski definition) is 4. The number of benzene rings is 1. The van der Waals surface area contributed by atoms with Crippen molar-refractivity contribution in [2.75, 3.05) is 24.2 Å². The first kappa shape index (κ1) is 12.0. The van der Waals surface area contributed by atoms with Crippen LogP contribution in [0.25, 0.3) is 11.4 Å². The highest BCUT2D eigenvalue weighted by Crippen LogP contribution is 2.29. The smallest absolute Gasteiger partial charge is 0.161 e. The van der Waals surface area contributed by atoms with Crippen LogP contribution in [0, 0.1) is 6.92 Å². The lowest BCUT2D eigenvalue weighted by Crippen LogP contribution is -2.24. The average Bonchev–Trinajstić information content (AvgIpc) is 2.37. The maximum atomic E-state index is 5.80. The van der Waals surface area contributed by atoms with Crippen LogP contribution < -0.4 is 10.6 Å². The number of aryl methyl sites for hydroxylation is 2. The van der Waals surface area contributed by atoms with Gasteiger partial charge in [0.25, 0.3) is 0 Å². The molecule has 3 rings (SSSR count). The molecule has 98 valence electrons. The Kier molecular flexibility index (Phi) is 2.85. The molecule has 0 fully saturated rings. The molecule has 4 nitrogen and oxygen atoms in total. The largest absolute Gasteiger partial charge is 0.384 e. The van der Waals surface area contributed by atoms with E-state index in [0.29, 0.717) is 11.6 Å². The molecule has 4 heteroatoms. The van der Waals surface area contributed by atoms with E-state index in [4.69, 9.17) is 5.73 Å². The molecule has 1 aromatic heterocycles. The van der Waals surface area contributed by atoms with E-state index in [1.165, 1.54) is 17.7 Å². The average molecular weight is 254 g/mol. The lowest BCUT2D eigenvalue weighted by Gasteiger charge is -2.27. The van der Waals surface area contributed by atoms with E-state index in [-0.39, 0.29) is 0 Å². The van der Waals surface area contributed by atoms with Gasteiger partial charge in [0.05, 0.1) is 0 Å². The Morgan fingerprint density at radius 3 is 2.84 bits per heavy atom. The standard InChI is InChI=1S/C15H18N4/c1-10-8-14(16)18-15(17-10)12-5-6-13-11(9-12)4-3-7-19(13)2/h5-6,8-9H,3-4,7H2,1-2H3,(H2,16,17,18). The first-order valence-corrected chi connectivity index (χ1v) is 6.59. The van der Waals surface area contributed by atoms with Gasteiger partial charge in [-0.15, -0.1) is 0 Å². The number of nitrogen functional groups attached to an aromatic ring is 1. The number of nitrogens with two attached hydrogens (primary N) is 1. The molecule has 1 aliphatic heterocycles. The first-order valence-electron chi connectivity index (χ1n) is 6.59. The number of fused-ring (bicyclic) bond motifs is 1. The van der Waals surface area contributed by atoms with Crippen LogP contribution in [0.4, 0.5) is 11.5 Å². The van der Waals surface area contributed by atoms with Crippen LogP contribution in [-0.4, -0.2) is 23.6 Å². The SMILES string of the molecule is Cc1cc(N)nc(-c2ccc3c(c2)CCCN3C)n1. The van der Waals surface area contributed by atoms with Crippen LogP contribution in [-0.2, 0) is 6.42 Å². The number of rotatable bonds is 1. The van der Waals surface area contributed by atoms with Crippen LogP contribution in [0.1, 0.15) is 17.7 Å². The molecule has 2 aromatic rings. The second-order valence-corrected chi connectivity index (χ2v) is 5.13. The summed E-state index contributed by atoms with van der Waals surface area (Å²) in [5.74, 6) is 1.24. The predicted octanol–water partition coefficient (Wildman–Crippen LogP) is 2.42. The summed E-state index contributed by atoms with van der Waals surface area (Å²) in [6.07, 6.45) is 2.32. The van der Waals surface area contributed by atoms with Gasteiger partial charge in [0.2, 0.25) is 0 Å². The summed E-state index contributed by atoms with van der Waals surface area (Å²) in [6.45, 7) is 3.06. The minimum atomic E-state index is 0.525. The van der Waals surface area contributed by atoms with Crippen molar-refractivity contribution in [1.82, 2.24) is 9.97 Å². The maximum absolute atomic E-state index is 5.80. The van der Waals surface area contributed by atoms with Crippen molar-refractivity contribution in [3.63, 3.8) is 0 Å². The highest BCUT2D eigenvalue weighted by molar-refractivity contribution is 5.66. The van der Waals surface area contributed by atoms with Crippen LogP contribution in [0.3, 0.4) is 0 Å². The molecular formula is C15H18N4. The number of hydrogen-bond donors (Lipinski definition) is 1. The molecule has 0 bridgehead atoms. The van der Waals surface area contributed by atoms with Crippen molar-refractivity contribution in [3.05, 3.63) is 35.5 Å². The Morgan fingerprint density at radius 1 is 1.21 bits per heavy atom. The van der Waals surface area contributed by atoms with Gasteiger partial charge in [-0.05, 0) is 43.5 Å². The van der Waals surface area contributed by atoms with Crippen LogP contribution in [0.2, 0.25) is 0 Å². The molecule has 1 aromatic carbocycles. The normalized spacial score (nSPS) is 14.3. The first-order chi connectivity index (χ1) is 9.13. The van der Waals surface area contributed by atoms with E-state index < -0.39 is 0 Å². The molecule has 1 aliphatic rings. The monoisotopic (exact) mass is 254 g/mol. The number of anilines is 2. The van der Waals surface area contributed by atoms with Crippen LogP contribution in [0.15, 0.2) is 24.3 Å². The van der Waals surface area contributed by atoms with Crippen molar-refractivity contribution in [2.45, 2.75) is 19.8 Å². The molecule has 19 heavy (non-hydrogen) atoms. The lowest BCUT2D eigenvalue weighted by atomic mass is 9.99. The summed E-state index contributed by atoms with van der Waals surface area (Å²) in [4.78, 5) is 11.1. The quantitative estimate of drug-likeness (QED) is 0.849. The lowest BCUT2D eigenvalue weighted by molar-refractivity contribution is 0.744.